The van der Waals surface area contributed by atoms with Gasteiger partial charge in [0.05, 0.1) is 23.4 Å². The second kappa shape index (κ2) is 8.20. The van der Waals surface area contributed by atoms with Crippen LogP contribution in [0.5, 0.6) is 0 Å². The van der Waals surface area contributed by atoms with Crippen molar-refractivity contribution in [3.63, 3.8) is 0 Å². The van der Waals surface area contributed by atoms with E-state index in [1.807, 2.05) is 13.8 Å². The molecule has 0 fully saturated rings. The number of nitro benzene ring substituents is 1. The third-order valence-corrected chi connectivity index (χ3v) is 6.22. The molecule has 0 saturated heterocycles. The number of rotatable bonds is 7. The highest BCUT2D eigenvalue weighted by molar-refractivity contribution is 7.18. The Morgan fingerprint density at radius 1 is 1.18 bits per heavy atom. The Hall–Kier alpha value is -2.58. The third kappa shape index (κ3) is 3.83. The molecule has 2 heterocycles. The van der Waals surface area contributed by atoms with Crippen LogP contribution in [0.2, 0.25) is 0 Å². The molecule has 2 aromatic heterocycles. The highest BCUT2D eigenvalue weighted by atomic mass is 32.1. The number of thiophene rings is 1. The predicted octanol–water partition coefficient (Wildman–Crippen LogP) is 3.87. The number of aryl methyl sites for hydroxylation is 2. The number of hydrogen-bond donors (Lipinski definition) is 0. The van der Waals surface area contributed by atoms with E-state index in [1.165, 1.54) is 12.1 Å². The van der Waals surface area contributed by atoms with Gasteiger partial charge in [0.2, 0.25) is 0 Å². The summed E-state index contributed by atoms with van der Waals surface area (Å²) in [6.07, 6.45) is 0. The van der Waals surface area contributed by atoms with E-state index in [1.54, 1.807) is 28.0 Å². The molecule has 28 heavy (non-hydrogen) atoms. The van der Waals surface area contributed by atoms with Crippen LogP contribution in [0.15, 0.2) is 29.1 Å². The zero-order valence-electron chi connectivity index (χ0n) is 16.6. The monoisotopic (exact) mass is 400 g/mol. The zero-order chi connectivity index (χ0) is 20.4. The number of benzene rings is 1. The molecule has 0 unspecified atom stereocenters. The van der Waals surface area contributed by atoms with E-state index in [4.69, 9.17) is 4.98 Å². The van der Waals surface area contributed by atoms with Gasteiger partial charge in [0.25, 0.3) is 11.2 Å². The van der Waals surface area contributed by atoms with Crippen molar-refractivity contribution in [2.75, 3.05) is 13.1 Å². The first-order chi connectivity index (χ1) is 13.3. The van der Waals surface area contributed by atoms with Gasteiger partial charge in [0.15, 0.2) is 0 Å². The molecule has 0 radical (unpaired) electrons. The van der Waals surface area contributed by atoms with Gasteiger partial charge in [0.1, 0.15) is 10.7 Å². The average molecular weight is 401 g/mol. The maximum atomic E-state index is 13.3. The fourth-order valence-electron chi connectivity index (χ4n) is 3.21. The summed E-state index contributed by atoms with van der Waals surface area (Å²) in [5, 5.41) is 11.6. The normalized spacial score (nSPS) is 11.5. The predicted molar refractivity (Wildman–Crippen MR) is 112 cm³/mol. The molecule has 7 nitrogen and oxygen atoms in total. The Morgan fingerprint density at radius 2 is 1.82 bits per heavy atom. The van der Waals surface area contributed by atoms with Crippen molar-refractivity contribution in [1.82, 2.24) is 14.5 Å². The van der Waals surface area contributed by atoms with E-state index in [9.17, 15) is 14.9 Å². The lowest BCUT2D eigenvalue weighted by atomic mass is 10.2. The van der Waals surface area contributed by atoms with Crippen molar-refractivity contribution < 1.29 is 4.92 Å². The van der Waals surface area contributed by atoms with Crippen LogP contribution >= 0.6 is 11.3 Å². The van der Waals surface area contributed by atoms with Crippen molar-refractivity contribution in [1.29, 1.82) is 0 Å². The first-order valence-corrected chi connectivity index (χ1v) is 10.1. The summed E-state index contributed by atoms with van der Waals surface area (Å²) in [4.78, 5) is 32.7. The van der Waals surface area contributed by atoms with Crippen molar-refractivity contribution in [3.8, 4) is 0 Å². The van der Waals surface area contributed by atoms with Gasteiger partial charge in [-0.05, 0) is 38.1 Å². The topological polar surface area (TPSA) is 81.3 Å². The average Bonchev–Trinajstić information content (AvgIpc) is 2.96. The summed E-state index contributed by atoms with van der Waals surface area (Å²) in [5.74, 6) is 0.723. The molecular formula is C20H24N4O3S. The Labute approximate surface area is 167 Å². The summed E-state index contributed by atoms with van der Waals surface area (Å²) >= 11 is 1.55. The molecule has 0 N–H and O–H groups in total. The highest BCUT2D eigenvalue weighted by Crippen LogP contribution is 2.26. The van der Waals surface area contributed by atoms with Crippen LogP contribution in [-0.4, -0.2) is 32.5 Å². The Kier molecular flexibility index (Phi) is 5.90. The molecule has 0 aliphatic rings. The molecular weight excluding hydrogens is 376 g/mol. The van der Waals surface area contributed by atoms with E-state index < -0.39 is 4.92 Å². The van der Waals surface area contributed by atoms with E-state index >= 15 is 0 Å². The molecule has 3 aromatic rings. The lowest BCUT2D eigenvalue weighted by Gasteiger charge is -2.20. The summed E-state index contributed by atoms with van der Waals surface area (Å²) in [6.45, 7) is 10.8. The largest absolute Gasteiger partial charge is 0.297 e. The van der Waals surface area contributed by atoms with Gasteiger partial charge in [-0.2, -0.15) is 0 Å². The van der Waals surface area contributed by atoms with Crippen molar-refractivity contribution in [2.24, 2.45) is 0 Å². The molecule has 0 bridgehead atoms. The van der Waals surface area contributed by atoms with Gasteiger partial charge in [-0.1, -0.05) is 26.0 Å². The summed E-state index contributed by atoms with van der Waals surface area (Å²) in [7, 11) is 0. The van der Waals surface area contributed by atoms with Crippen molar-refractivity contribution in [3.05, 3.63) is 66.6 Å². The van der Waals surface area contributed by atoms with E-state index in [-0.39, 0.29) is 11.2 Å². The summed E-state index contributed by atoms with van der Waals surface area (Å²) in [6, 6.07) is 6.33. The number of nitrogens with zero attached hydrogens (tertiary/aromatic N) is 4. The maximum Gasteiger partial charge on any atom is 0.269 e. The fourth-order valence-corrected chi connectivity index (χ4v) is 4.24. The molecule has 0 atom stereocenters. The number of non-ortho nitro benzene ring substituents is 1. The standard InChI is InChI=1S/C20H24N4O3S/c1-5-22(6-2)12-17-21-19-18(13(3)14(4)28-19)20(25)23(17)11-15-7-9-16(10-8-15)24(26)27/h7-10H,5-6,11-12H2,1-4H3. The first kappa shape index (κ1) is 20.2. The molecule has 1 aromatic carbocycles. The molecule has 0 aliphatic heterocycles. The van der Waals surface area contributed by atoms with Crippen LogP contribution in [0, 0.1) is 24.0 Å². The maximum absolute atomic E-state index is 13.3. The minimum atomic E-state index is -0.424. The van der Waals surface area contributed by atoms with Gasteiger partial charge in [-0.25, -0.2) is 4.98 Å². The van der Waals surface area contributed by atoms with Gasteiger partial charge in [-0.15, -0.1) is 11.3 Å². The first-order valence-electron chi connectivity index (χ1n) is 9.30. The summed E-state index contributed by atoms with van der Waals surface area (Å²) < 4.78 is 1.71. The van der Waals surface area contributed by atoms with E-state index in [0.717, 1.165) is 39.7 Å². The Morgan fingerprint density at radius 3 is 2.39 bits per heavy atom. The number of aromatic nitrogens is 2. The van der Waals surface area contributed by atoms with Crippen LogP contribution in [-0.2, 0) is 13.1 Å². The van der Waals surface area contributed by atoms with Crippen LogP contribution < -0.4 is 5.56 Å². The second-order valence-corrected chi connectivity index (χ2v) is 7.97. The van der Waals surface area contributed by atoms with Gasteiger partial charge >= 0.3 is 0 Å². The molecule has 0 aliphatic carbocycles. The zero-order valence-corrected chi connectivity index (χ0v) is 17.4. The number of nitro groups is 1. The lowest BCUT2D eigenvalue weighted by molar-refractivity contribution is -0.384. The van der Waals surface area contributed by atoms with E-state index in [0.29, 0.717) is 18.5 Å². The number of hydrogen-bond acceptors (Lipinski definition) is 6. The summed E-state index contributed by atoms with van der Waals surface area (Å²) in [5.41, 5.74) is 1.80. The van der Waals surface area contributed by atoms with Crippen LogP contribution in [0.4, 0.5) is 5.69 Å². The number of fused-ring (bicyclic) bond motifs is 1. The molecule has 8 heteroatoms. The highest BCUT2D eigenvalue weighted by Gasteiger charge is 2.18. The molecule has 0 spiro atoms. The SMILES string of the molecule is CCN(CC)Cc1nc2sc(C)c(C)c2c(=O)n1Cc1ccc([N+](=O)[O-])cc1. The van der Waals surface area contributed by atoms with Crippen molar-refractivity contribution in [2.45, 2.75) is 40.8 Å². The quantitative estimate of drug-likeness (QED) is 0.444. The molecule has 0 amide bonds. The van der Waals surface area contributed by atoms with Gasteiger partial charge in [-0.3, -0.25) is 24.4 Å². The minimum absolute atomic E-state index is 0.0392. The van der Waals surface area contributed by atoms with Crippen LogP contribution in [0.3, 0.4) is 0 Å². The third-order valence-electron chi connectivity index (χ3n) is 5.12. The smallest absolute Gasteiger partial charge is 0.269 e. The van der Waals surface area contributed by atoms with Crippen LogP contribution in [0.1, 0.15) is 35.7 Å². The fraction of sp³-hybridized carbons (Fsp3) is 0.400. The Balaban J connectivity index is 2.11. The molecule has 0 saturated carbocycles. The molecule has 3 rings (SSSR count). The van der Waals surface area contributed by atoms with E-state index in [2.05, 4.69) is 18.7 Å². The minimum Gasteiger partial charge on any atom is -0.297 e. The van der Waals surface area contributed by atoms with Crippen molar-refractivity contribution >= 4 is 27.2 Å². The van der Waals surface area contributed by atoms with Gasteiger partial charge in [0, 0.05) is 17.0 Å². The second-order valence-electron chi connectivity index (χ2n) is 6.77. The Bertz CT molecular complexity index is 1070. The lowest BCUT2D eigenvalue weighted by Crippen LogP contribution is -2.31. The van der Waals surface area contributed by atoms with Crippen LogP contribution in [0.25, 0.3) is 10.2 Å². The molecule has 148 valence electrons. The van der Waals surface area contributed by atoms with Gasteiger partial charge < -0.3 is 0 Å².